The second-order valence-electron chi connectivity index (χ2n) is 5.83. The molecule has 0 saturated carbocycles. The number of pyridine rings is 1. The van der Waals surface area contributed by atoms with E-state index in [0.29, 0.717) is 11.1 Å². The summed E-state index contributed by atoms with van der Waals surface area (Å²) in [6, 6.07) is 1.95. The summed E-state index contributed by atoms with van der Waals surface area (Å²) in [6.45, 7) is 3.20. The Morgan fingerprint density at radius 2 is 2.17 bits per heavy atom. The van der Waals surface area contributed by atoms with Crippen LogP contribution in [-0.2, 0) is 27.2 Å². The summed E-state index contributed by atoms with van der Waals surface area (Å²) in [5, 5.41) is 4.46. The fraction of sp³-hybridized carbons (Fsp3) is 0.500. The third-order valence-corrected chi connectivity index (χ3v) is 3.54. The topological polar surface area (TPSA) is 91.5 Å². The van der Waals surface area contributed by atoms with Gasteiger partial charge in [-0.15, -0.1) is 0 Å². The Morgan fingerprint density at radius 3 is 2.96 bits per heavy atom. The predicted molar refractivity (Wildman–Crippen MR) is 80.2 cm³/mol. The van der Waals surface area contributed by atoms with Crippen molar-refractivity contribution in [2.45, 2.75) is 45.6 Å². The number of esters is 1. The fourth-order valence-corrected chi connectivity index (χ4v) is 2.58. The number of rotatable bonds is 6. The molecule has 0 aliphatic heterocycles. The van der Waals surface area contributed by atoms with Crippen LogP contribution in [0.1, 0.15) is 37.9 Å². The highest BCUT2D eigenvalue weighted by Gasteiger charge is 2.20. The van der Waals surface area contributed by atoms with Crippen molar-refractivity contribution < 1.29 is 23.6 Å². The van der Waals surface area contributed by atoms with Gasteiger partial charge < -0.3 is 14.0 Å². The van der Waals surface area contributed by atoms with Crippen molar-refractivity contribution in [3.05, 3.63) is 17.3 Å². The molecule has 1 aliphatic carbocycles. The molecular weight excluding hydrogens is 300 g/mol. The number of carbonyl (C=O) groups is 2. The molecular formula is C16H18N2O5. The number of ether oxygens (including phenoxy) is 2. The predicted octanol–water partition coefficient (Wildman–Crippen LogP) is 2.00. The lowest BCUT2D eigenvalue weighted by molar-refractivity contribution is -0.149. The first-order valence-corrected chi connectivity index (χ1v) is 7.65. The standard InChI is InChI=1S/C16H18N2O5/c1-9(2)22-14(20)7-11(19)8-21-16-12-6-10-4-3-5-13(10)17-15(12)23-18-16/h6,9H,3-5,7-8H2,1-2H3. The number of aromatic nitrogens is 2. The van der Waals surface area contributed by atoms with Crippen LogP contribution in [0.4, 0.5) is 0 Å². The van der Waals surface area contributed by atoms with Gasteiger partial charge in [-0.1, -0.05) is 0 Å². The number of aryl methyl sites for hydroxylation is 2. The Balaban J connectivity index is 1.63. The van der Waals surface area contributed by atoms with E-state index >= 15 is 0 Å². The highest BCUT2D eigenvalue weighted by atomic mass is 16.5. The molecule has 2 aromatic heterocycles. The summed E-state index contributed by atoms with van der Waals surface area (Å²) in [4.78, 5) is 27.6. The molecule has 2 aromatic rings. The van der Waals surface area contributed by atoms with Crippen molar-refractivity contribution in [3.63, 3.8) is 0 Å². The molecule has 0 amide bonds. The number of hydrogen-bond acceptors (Lipinski definition) is 7. The van der Waals surface area contributed by atoms with E-state index < -0.39 is 5.97 Å². The molecule has 3 rings (SSSR count). The largest absolute Gasteiger partial charge is 0.467 e. The zero-order valence-electron chi connectivity index (χ0n) is 13.1. The molecule has 122 valence electrons. The van der Waals surface area contributed by atoms with Crippen LogP contribution in [0.5, 0.6) is 5.88 Å². The molecule has 0 N–H and O–H groups in total. The molecule has 0 saturated heterocycles. The van der Waals surface area contributed by atoms with Gasteiger partial charge in [0.15, 0.2) is 5.78 Å². The SMILES string of the molecule is CC(C)OC(=O)CC(=O)COc1noc2nc3c(cc12)CCC3. The fourth-order valence-electron chi connectivity index (χ4n) is 2.58. The van der Waals surface area contributed by atoms with E-state index in [-0.39, 0.29) is 30.8 Å². The van der Waals surface area contributed by atoms with Crippen LogP contribution in [0.25, 0.3) is 11.1 Å². The van der Waals surface area contributed by atoms with Gasteiger partial charge in [0, 0.05) is 5.69 Å². The number of Topliss-reactive ketones (excluding diaryl/α,β-unsaturated/α-hetero) is 1. The average Bonchev–Trinajstić information content (AvgIpc) is 3.07. The first-order valence-electron chi connectivity index (χ1n) is 7.65. The molecule has 7 nitrogen and oxygen atoms in total. The minimum Gasteiger partial charge on any atom is -0.467 e. The van der Waals surface area contributed by atoms with E-state index in [1.54, 1.807) is 13.8 Å². The van der Waals surface area contributed by atoms with E-state index in [4.69, 9.17) is 14.0 Å². The van der Waals surface area contributed by atoms with Crippen LogP contribution in [0.2, 0.25) is 0 Å². The second kappa shape index (κ2) is 6.36. The summed E-state index contributed by atoms with van der Waals surface area (Å²) in [7, 11) is 0. The maximum Gasteiger partial charge on any atom is 0.313 e. The van der Waals surface area contributed by atoms with Gasteiger partial charge in [0.25, 0.3) is 11.6 Å². The monoisotopic (exact) mass is 318 g/mol. The first-order chi connectivity index (χ1) is 11.0. The zero-order valence-corrected chi connectivity index (χ0v) is 13.1. The maximum atomic E-state index is 11.8. The second-order valence-corrected chi connectivity index (χ2v) is 5.83. The average molecular weight is 318 g/mol. The number of fused-ring (bicyclic) bond motifs is 2. The maximum absolute atomic E-state index is 11.8. The summed E-state index contributed by atoms with van der Waals surface area (Å²) < 4.78 is 15.5. The first kappa shape index (κ1) is 15.5. The quantitative estimate of drug-likeness (QED) is 0.594. The number of nitrogens with zero attached hydrogens (tertiary/aromatic N) is 2. The van der Waals surface area contributed by atoms with Crippen molar-refractivity contribution in [2.75, 3.05) is 6.61 Å². The highest BCUT2D eigenvalue weighted by Crippen LogP contribution is 2.29. The highest BCUT2D eigenvalue weighted by molar-refractivity contribution is 5.96. The normalized spacial score (nSPS) is 13.3. The van der Waals surface area contributed by atoms with Crippen molar-refractivity contribution in [1.29, 1.82) is 0 Å². The lowest BCUT2D eigenvalue weighted by Crippen LogP contribution is -2.19. The molecule has 23 heavy (non-hydrogen) atoms. The van der Waals surface area contributed by atoms with Crippen LogP contribution in [0.15, 0.2) is 10.6 Å². The van der Waals surface area contributed by atoms with Crippen LogP contribution in [0, 0.1) is 0 Å². The van der Waals surface area contributed by atoms with E-state index in [0.717, 1.165) is 30.5 Å². The van der Waals surface area contributed by atoms with E-state index in [1.807, 2.05) is 6.07 Å². The molecule has 0 bridgehead atoms. The van der Waals surface area contributed by atoms with E-state index in [2.05, 4.69) is 10.1 Å². The van der Waals surface area contributed by atoms with Crippen LogP contribution in [-0.4, -0.2) is 34.6 Å². The Labute approximate surface area is 132 Å². The van der Waals surface area contributed by atoms with Crippen molar-refractivity contribution in [3.8, 4) is 5.88 Å². The Hall–Kier alpha value is -2.44. The molecule has 0 radical (unpaired) electrons. The molecule has 0 atom stereocenters. The molecule has 0 unspecified atom stereocenters. The molecule has 7 heteroatoms. The lowest BCUT2D eigenvalue weighted by atomic mass is 10.2. The molecule has 0 aromatic carbocycles. The van der Waals surface area contributed by atoms with Crippen molar-refractivity contribution >= 4 is 22.9 Å². The van der Waals surface area contributed by atoms with Gasteiger partial charge in [0.2, 0.25) is 0 Å². The molecule has 0 spiro atoms. The third-order valence-electron chi connectivity index (χ3n) is 3.54. The summed E-state index contributed by atoms with van der Waals surface area (Å²) in [5.74, 6) is -0.702. The van der Waals surface area contributed by atoms with E-state index in [1.165, 1.54) is 0 Å². The minimum atomic E-state index is -0.557. The zero-order chi connectivity index (χ0) is 16.4. The Morgan fingerprint density at radius 1 is 1.35 bits per heavy atom. The third kappa shape index (κ3) is 3.49. The molecule has 2 heterocycles. The lowest BCUT2D eigenvalue weighted by Gasteiger charge is -2.07. The van der Waals surface area contributed by atoms with Crippen LogP contribution < -0.4 is 4.74 Å². The van der Waals surface area contributed by atoms with Gasteiger partial charge in [-0.25, -0.2) is 4.98 Å². The van der Waals surface area contributed by atoms with Gasteiger partial charge in [-0.2, -0.15) is 0 Å². The minimum absolute atomic E-state index is 0.229. The van der Waals surface area contributed by atoms with Gasteiger partial charge in [-0.3, -0.25) is 9.59 Å². The van der Waals surface area contributed by atoms with Crippen molar-refractivity contribution in [1.82, 2.24) is 10.1 Å². The van der Waals surface area contributed by atoms with Gasteiger partial charge in [-0.05, 0) is 49.9 Å². The number of hydrogen-bond donors (Lipinski definition) is 0. The number of carbonyl (C=O) groups excluding carboxylic acids is 2. The Kier molecular flexibility index (Phi) is 4.27. The molecule has 1 aliphatic rings. The van der Waals surface area contributed by atoms with Crippen LogP contribution >= 0.6 is 0 Å². The Bertz CT molecular complexity index is 750. The smallest absolute Gasteiger partial charge is 0.313 e. The summed E-state index contributed by atoms with van der Waals surface area (Å²) in [5.41, 5.74) is 2.61. The summed E-state index contributed by atoms with van der Waals surface area (Å²) >= 11 is 0. The number of ketones is 1. The van der Waals surface area contributed by atoms with Gasteiger partial charge in [0.1, 0.15) is 18.4 Å². The van der Waals surface area contributed by atoms with Crippen LogP contribution in [0.3, 0.4) is 0 Å². The van der Waals surface area contributed by atoms with Crippen molar-refractivity contribution in [2.24, 2.45) is 0 Å². The summed E-state index contributed by atoms with van der Waals surface area (Å²) in [6.07, 6.45) is 2.43. The molecule has 0 fully saturated rings. The van der Waals surface area contributed by atoms with Gasteiger partial charge >= 0.3 is 5.97 Å². The van der Waals surface area contributed by atoms with E-state index in [9.17, 15) is 9.59 Å². The van der Waals surface area contributed by atoms with Gasteiger partial charge in [0.05, 0.1) is 6.10 Å².